The molecule has 1 aromatic rings. The second-order valence-electron chi connectivity index (χ2n) is 4.47. The van der Waals surface area contributed by atoms with E-state index in [4.69, 9.17) is 11.6 Å². The minimum absolute atomic E-state index is 0.319. The lowest BCUT2D eigenvalue weighted by molar-refractivity contribution is 0.0879. The zero-order valence-electron chi connectivity index (χ0n) is 9.54. The summed E-state index contributed by atoms with van der Waals surface area (Å²) in [6.07, 6.45) is 0. The van der Waals surface area contributed by atoms with Gasteiger partial charge in [0.15, 0.2) is 0 Å². The van der Waals surface area contributed by atoms with Crippen molar-refractivity contribution in [3.05, 3.63) is 29.3 Å². The van der Waals surface area contributed by atoms with Gasteiger partial charge in [0.05, 0.1) is 11.1 Å². The van der Waals surface area contributed by atoms with Crippen molar-refractivity contribution in [2.24, 2.45) is 0 Å². The Morgan fingerprint density at radius 3 is 2.65 bits per heavy atom. The van der Waals surface area contributed by atoms with E-state index in [1.54, 1.807) is 12.1 Å². The predicted octanol–water partition coefficient (Wildman–Crippen LogP) is 2.68. The normalized spacial score (nSPS) is 14.8. The highest BCUT2D eigenvalue weighted by Gasteiger charge is 2.29. The fraction of sp³-hybridized carbons (Fsp3) is 0.333. The van der Waals surface area contributed by atoms with Crippen LogP contribution in [0.25, 0.3) is 0 Å². The molecule has 0 atom stereocenters. The summed E-state index contributed by atoms with van der Waals surface area (Å²) >= 11 is 7.60. The highest BCUT2D eigenvalue weighted by atomic mass is 35.5. The molecule has 0 fully saturated rings. The molecule has 0 aliphatic carbocycles. The summed E-state index contributed by atoms with van der Waals surface area (Å²) in [6.45, 7) is 3.83. The first-order valence-corrected chi connectivity index (χ1v) is 6.55. The van der Waals surface area contributed by atoms with Crippen molar-refractivity contribution in [2.75, 3.05) is 5.75 Å². The number of carbonyl (C=O) groups is 2. The summed E-state index contributed by atoms with van der Waals surface area (Å²) < 4.78 is 0. The molecule has 5 heteroatoms. The van der Waals surface area contributed by atoms with Crippen LogP contribution in [0.1, 0.15) is 34.6 Å². The van der Waals surface area contributed by atoms with Crippen LogP contribution in [0, 0.1) is 0 Å². The van der Waals surface area contributed by atoms with Gasteiger partial charge in [-0.05, 0) is 26.0 Å². The average Bonchev–Trinajstić information content (AvgIpc) is 2.52. The van der Waals surface area contributed by atoms with Gasteiger partial charge < -0.3 is 0 Å². The summed E-state index contributed by atoms with van der Waals surface area (Å²) in [5.74, 6) is 0.0324. The molecule has 1 aliphatic rings. The number of benzene rings is 1. The first kappa shape index (κ1) is 12.5. The van der Waals surface area contributed by atoms with Crippen molar-refractivity contribution in [3.63, 3.8) is 0 Å². The molecule has 0 radical (unpaired) electrons. The van der Waals surface area contributed by atoms with Gasteiger partial charge in [-0.15, -0.1) is 23.4 Å². The Labute approximate surface area is 109 Å². The molecule has 1 N–H and O–H groups in total. The van der Waals surface area contributed by atoms with Gasteiger partial charge in [-0.1, -0.05) is 6.07 Å². The van der Waals surface area contributed by atoms with E-state index in [0.29, 0.717) is 16.9 Å². The molecule has 0 saturated heterocycles. The van der Waals surface area contributed by atoms with Gasteiger partial charge in [-0.25, -0.2) is 0 Å². The molecule has 1 aromatic carbocycles. The molecular weight excluding hydrogens is 258 g/mol. The Bertz CT molecular complexity index is 494. The quantitative estimate of drug-likeness (QED) is 0.521. The largest absolute Gasteiger partial charge is 0.288 e. The maximum atomic E-state index is 11.6. The van der Waals surface area contributed by atoms with E-state index in [-0.39, 0.29) is 16.7 Å². The fourth-order valence-corrected chi connectivity index (χ4v) is 2.74. The molecule has 3 nitrogen and oxygen atoms in total. The monoisotopic (exact) mass is 269 g/mol. The predicted molar refractivity (Wildman–Crippen MR) is 68.9 cm³/mol. The topological polar surface area (TPSA) is 46.2 Å². The summed E-state index contributed by atoms with van der Waals surface area (Å²) in [4.78, 5) is 23.6. The molecule has 1 aliphatic heterocycles. The molecular formula is C12H12ClNO2S. The summed E-state index contributed by atoms with van der Waals surface area (Å²) in [5, 5.41) is 2.30. The maximum absolute atomic E-state index is 11.6. The van der Waals surface area contributed by atoms with Crippen molar-refractivity contribution < 1.29 is 9.59 Å². The van der Waals surface area contributed by atoms with Crippen LogP contribution in [0.5, 0.6) is 0 Å². The van der Waals surface area contributed by atoms with E-state index in [1.165, 1.54) is 11.8 Å². The van der Waals surface area contributed by atoms with Gasteiger partial charge in [-0.2, -0.15) is 0 Å². The van der Waals surface area contributed by atoms with Gasteiger partial charge >= 0.3 is 0 Å². The second kappa shape index (κ2) is 4.35. The Balaban J connectivity index is 2.31. The van der Waals surface area contributed by atoms with Gasteiger partial charge in [0.1, 0.15) is 0 Å². The van der Waals surface area contributed by atoms with E-state index in [0.717, 1.165) is 4.90 Å². The Hall–Kier alpha value is -1.00. The van der Waals surface area contributed by atoms with Crippen LogP contribution in [-0.4, -0.2) is 22.4 Å². The van der Waals surface area contributed by atoms with E-state index in [9.17, 15) is 9.59 Å². The number of hydrogen-bond donors (Lipinski definition) is 1. The number of thioether (sulfide) groups is 1. The van der Waals surface area contributed by atoms with Crippen LogP contribution in [0.2, 0.25) is 0 Å². The van der Waals surface area contributed by atoms with Gasteiger partial charge in [0.2, 0.25) is 0 Å². The summed E-state index contributed by atoms with van der Waals surface area (Å²) in [6, 6.07) is 5.27. The average molecular weight is 270 g/mol. The maximum Gasteiger partial charge on any atom is 0.260 e. The highest BCUT2D eigenvalue weighted by molar-refractivity contribution is 7.99. The van der Waals surface area contributed by atoms with Gasteiger partial charge in [-0.3, -0.25) is 14.9 Å². The SMILES string of the molecule is CC(C)(Cl)CSc1cccc2c1C(=O)NC2=O. The zero-order valence-corrected chi connectivity index (χ0v) is 11.1. The molecule has 2 amide bonds. The summed E-state index contributed by atoms with van der Waals surface area (Å²) in [5.41, 5.74) is 0.927. The van der Waals surface area contributed by atoms with E-state index < -0.39 is 0 Å². The molecule has 0 aromatic heterocycles. The van der Waals surface area contributed by atoms with Crippen molar-refractivity contribution in [2.45, 2.75) is 23.6 Å². The Morgan fingerprint density at radius 1 is 1.29 bits per heavy atom. The third-order valence-electron chi connectivity index (χ3n) is 2.30. The van der Waals surface area contributed by atoms with Crippen LogP contribution in [0.15, 0.2) is 23.1 Å². The third kappa shape index (κ3) is 2.64. The van der Waals surface area contributed by atoms with Gasteiger partial charge in [0.25, 0.3) is 11.8 Å². The van der Waals surface area contributed by atoms with Crippen molar-refractivity contribution in [1.29, 1.82) is 0 Å². The van der Waals surface area contributed by atoms with Crippen LogP contribution < -0.4 is 5.32 Å². The lowest BCUT2D eigenvalue weighted by Crippen LogP contribution is -2.20. The Kier molecular flexibility index (Phi) is 3.19. The zero-order chi connectivity index (χ0) is 12.6. The standard InChI is InChI=1S/C12H12ClNO2S/c1-12(2,13)6-17-8-5-3-4-7-9(8)11(16)14-10(7)15/h3-5H,6H2,1-2H3,(H,14,15,16). The first-order valence-electron chi connectivity index (χ1n) is 5.19. The van der Waals surface area contributed by atoms with Crippen LogP contribution in [-0.2, 0) is 0 Å². The molecule has 0 spiro atoms. The lowest BCUT2D eigenvalue weighted by Gasteiger charge is -2.15. The number of hydrogen-bond acceptors (Lipinski definition) is 3. The fourth-order valence-electron chi connectivity index (χ4n) is 1.56. The van der Waals surface area contributed by atoms with Crippen LogP contribution in [0.3, 0.4) is 0 Å². The molecule has 0 bridgehead atoms. The molecule has 0 saturated carbocycles. The first-order chi connectivity index (χ1) is 7.88. The number of halogens is 1. The summed E-state index contributed by atoms with van der Waals surface area (Å²) in [7, 11) is 0. The van der Waals surface area contributed by atoms with E-state index in [1.807, 2.05) is 19.9 Å². The number of imide groups is 1. The van der Waals surface area contributed by atoms with Crippen LogP contribution >= 0.6 is 23.4 Å². The number of amides is 2. The minimum Gasteiger partial charge on any atom is -0.288 e. The molecule has 1 heterocycles. The smallest absolute Gasteiger partial charge is 0.260 e. The highest BCUT2D eigenvalue weighted by Crippen LogP contribution is 2.32. The van der Waals surface area contributed by atoms with Gasteiger partial charge in [0, 0.05) is 15.5 Å². The number of carbonyl (C=O) groups excluding carboxylic acids is 2. The lowest BCUT2D eigenvalue weighted by atomic mass is 10.1. The second-order valence-corrected chi connectivity index (χ2v) is 6.51. The Morgan fingerprint density at radius 2 is 2.00 bits per heavy atom. The molecule has 2 rings (SSSR count). The van der Waals surface area contributed by atoms with Crippen molar-refractivity contribution in [3.8, 4) is 0 Å². The molecule has 0 unspecified atom stereocenters. The third-order valence-corrected chi connectivity index (χ3v) is 4.11. The van der Waals surface area contributed by atoms with Crippen LogP contribution in [0.4, 0.5) is 0 Å². The van der Waals surface area contributed by atoms with E-state index >= 15 is 0 Å². The minimum atomic E-state index is -0.341. The number of fused-ring (bicyclic) bond motifs is 1. The number of nitrogens with one attached hydrogen (secondary N) is 1. The van der Waals surface area contributed by atoms with E-state index in [2.05, 4.69) is 5.32 Å². The van der Waals surface area contributed by atoms with Crippen molar-refractivity contribution >= 4 is 35.2 Å². The molecule has 90 valence electrons. The number of rotatable bonds is 3. The number of alkyl halides is 1. The molecule has 17 heavy (non-hydrogen) atoms. The van der Waals surface area contributed by atoms with Crippen molar-refractivity contribution in [1.82, 2.24) is 5.32 Å².